The highest BCUT2D eigenvalue weighted by Crippen LogP contribution is 2.24. The Kier molecular flexibility index (Phi) is 5.23. The maximum absolute atomic E-state index is 10.7. The molecule has 0 aliphatic carbocycles. The van der Waals surface area contributed by atoms with Gasteiger partial charge in [-0.05, 0) is 6.07 Å². The lowest BCUT2D eigenvalue weighted by atomic mass is 9.97. The molecule has 0 radical (unpaired) electrons. The third-order valence-electron chi connectivity index (χ3n) is 3.47. The number of aromatic hydroxyl groups is 1. The Hall–Kier alpha value is -2.11. The van der Waals surface area contributed by atoms with Crippen LogP contribution in [-0.2, 0) is 4.74 Å². The number of aliphatic hydroxyl groups is 4. The van der Waals surface area contributed by atoms with Crippen LogP contribution in [0, 0.1) is 10.1 Å². The molecule has 1 fully saturated rings. The number of phenols is 1. The summed E-state index contributed by atoms with van der Waals surface area (Å²) in [6.45, 7) is -0.600. The molecule has 2 rings (SSSR count). The van der Waals surface area contributed by atoms with Gasteiger partial charge in [0, 0.05) is 23.9 Å². The summed E-state index contributed by atoms with van der Waals surface area (Å²) >= 11 is 0. The average Bonchev–Trinajstić information content (AvgIpc) is 2.52. The summed E-state index contributed by atoms with van der Waals surface area (Å²) in [6, 6.07) is 2.00. The summed E-state index contributed by atoms with van der Waals surface area (Å²) in [7, 11) is 0. The van der Waals surface area contributed by atoms with E-state index in [1.165, 1.54) is 0 Å². The maximum Gasteiger partial charge on any atom is 0.270 e. The molecular formula is C13H16N2O8. The molecule has 10 nitrogen and oxygen atoms in total. The Morgan fingerprint density at radius 1 is 1.30 bits per heavy atom. The van der Waals surface area contributed by atoms with Crippen molar-refractivity contribution in [2.75, 3.05) is 6.61 Å². The summed E-state index contributed by atoms with van der Waals surface area (Å²) in [5.74, 6) is -0.283. The van der Waals surface area contributed by atoms with Crippen LogP contribution in [0.1, 0.15) is 5.56 Å². The second kappa shape index (κ2) is 6.98. The van der Waals surface area contributed by atoms with Crippen molar-refractivity contribution in [2.24, 2.45) is 4.99 Å². The number of nitrogens with zero attached hydrogens (tertiary/aromatic N) is 2. The zero-order valence-corrected chi connectivity index (χ0v) is 11.8. The smallest absolute Gasteiger partial charge is 0.270 e. The molecule has 1 aliphatic rings. The first-order valence-corrected chi connectivity index (χ1v) is 6.66. The van der Waals surface area contributed by atoms with Crippen molar-refractivity contribution in [3.63, 3.8) is 0 Å². The molecule has 23 heavy (non-hydrogen) atoms. The number of aliphatic hydroxyl groups excluding tert-OH is 4. The molecule has 0 spiro atoms. The number of hydrogen-bond donors (Lipinski definition) is 5. The van der Waals surface area contributed by atoms with Crippen LogP contribution in [-0.4, -0.2) is 73.9 Å². The van der Waals surface area contributed by atoms with Crippen molar-refractivity contribution in [2.45, 2.75) is 30.6 Å². The topological polar surface area (TPSA) is 166 Å². The molecule has 0 bridgehead atoms. The minimum Gasteiger partial charge on any atom is -0.507 e. The van der Waals surface area contributed by atoms with Gasteiger partial charge >= 0.3 is 0 Å². The fourth-order valence-corrected chi connectivity index (χ4v) is 2.17. The number of nitro groups is 1. The monoisotopic (exact) mass is 328 g/mol. The van der Waals surface area contributed by atoms with E-state index in [0.29, 0.717) is 0 Å². The van der Waals surface area contributed by atoms with Crippen LogP contribution >= 0.6 is 0 Å². The predicted octanol–water partition coefficient (Wildman–Crippen LogP) is -1.48. The molecule has 1 aliphatic heterocycles. The summed E-state index contributed by atoms with van der Waals surface area (Å²) < 4.78 is 4.92. The van der Waals surface area contributed by atoms with E-state index >= 15 is 0 Å². The third kappa shape index (κ3) is 3.63. The molecule has 5 N–H and O–H groups in total. The third-order valence-corrected chi connectivity index (χ3v) is 3.47. The normalized spacial score (nSPS) is 31.4. The number of non-ortho nitro benzene ring substituents is 1. The maximum atomic E-state index is 10.7. The summed E-state index contributed by atoms with van der Waals surface area (Å²) in [6.07, 6.45) is -4.72. The van der Waals surface area contributed by atoms with Crippen LogP contribution in [0.5, 0.6) is 5.75 Å². The number of aliphatic imine (C=N–C) groups is 1. The number of ether oxygens (including phenoxy) is 1. The first kappa shape index (κ1) is 17.2. The van der Waals surface area contributed by atoms with E-state index in [1.807, 2.05) is 0 Å². The average molecular weight is 328 g/mol. The van der Waals surface area contributed by atoms with E-state index in [2.05, 4.69) is 4.99 Å². The first-order valence-electron chi connectivity index (χ1n) is 6.66. The van der Waals surface area contributed by atoms with Gasteiger partial charge in [-0.15, -0.1) is 0 Å². The molecular weight excluding hydrogens is 312 g/mol. The fourth-order valence-electron chi connectivity index (χ4n) is 2.17. The highest BCUT2D eigenvalue weighted by atomic mass is 16.6. The Bertz CT molecular complexity index is 608. The van der Waals surface area contributed by atoms with Gasteiger partial charge < -0.3 is 30.3 Å². The minimum atomic E-state index is -1.59. The molecule has 126 valence electrons. The van der Waals surface area contributed by atoms with E-state index < -0.39 is 42.2 Å². The van der Waals surface area contributed by atoms with E-state index in [0.717, 1.165) is 24.4 Å². The van der Waals surface area contributed by atoms with Crippen LogP contribution in [0.3, 0.4) is 0 Å². The molecule has 1 saturated heterocycles. The number of nitro benzene ring substituents is 1. The predicted molar refractivity (Wildman–Crippen MR) is 76.1 cm³/mol. The van der Waals surface area contributed by atoms with Crippen molar-refractivity contribution < 1.29 is 35.2 Å². The molecule has 0 amide bonds. The second-order valence-electron chi connectivity index (χ2n) is 5.00. The van der Waals surface area contributed by atoms with Gasteiger partial charge in [0.05, 0.1) is 11.5 Å². The Morgan fingerprint density at radius 3 is 2.61 bits per heavy atom. The van der Waals surface area contributed by atoms with Gasteiger partial charge in [-0.25, -0.2) is 0 Å². The van der Waals surface area contributed by atoms with Gasteiger partial charge in [0.2, 0.25) is 0 Å². The molecule has 0 saturated carbocycles. The fraction of sp³-hybridized carbons (Fsp3) is 0.462. The summed E-state index contributed by atoms with van der Waals surface area (Å²) in [5, 5.41) is 58.7. The van der Waals surface area contributed by atoms with Crippen LogP contribution in [0.15, 0.2) is 23.2 Å². The molecule has 0 unspecified atom stereocenters. The van der Waals surface area contributed by atoms with E-state index in [4.69, 9.17) is 9.84 Å². The lowest BCUT2D eigenvalue weighted by molar-refractivity contribution is -0.384. The quantitative estimate of drug-likeness (QED) is 0.253. The highest BCUT2D eigenvalue weighted by Gasteiger charge is 2.43. The highest BCUT2D eigenvalue weighted by molar-refractivity contribution is 5.84. The summed E-state index contributed by atoms with van der Waals surface area (Å²) in [4.78, 5) is 13.9. The van der Waals surface area contributed by atoms with Crippen molar-refractivity contribution in [1.29, 1.82) is 0 Å². The van der Waals surface area contributed by atoms with Gasteiger partial charge in [0.1, 0.15) is 30.1 Å². The van der Waals surface area contributed by atoms with E-state index in [9.17, 15) is 30.5 Å². The first-order chi connectivity index (χ1) is 10.8. The SMILES string of the molecule is O=[N+]([O-])c1ccc(O)c(C=N[C@H]2[C@@H](O)[C@H](O)[C@@H](CO)O[C@H]2O)c1. The van der Waals surface area contributed by atoms with Gasteiger partial charge in [0.15, 0.2) is 6.29 Å². The molecule has 1 heterocycles. The lowest BCUT2D eigenvalue weighted by Crippen LogP contribution is -2.57. The van der Waals surface area contributed by atoms with Crippen molar-refractivity contribution in [3.05, 3.63) is 33.9 Å². The van der Waals surface area contributed by atoms with Crippen LogP contribution in [0.25, 0.3) is 0 Å². The van der Waals surface area contributed by atoms with Crippen LogP contribution < -0.4 is 0 Å². The van der Waals surface area contributed by atoms with Crippen LogP contribution in [0.4, 0.5) is 5.69 Å². The lowest BCUT2D eigenvalue weighted by Gasteiger charge is -2.38. The largest absolute Gasteiger partial charge is 0.507 e. The molecule has 1 aromatic rings. The Balaban J connectivity index is 2.22. The van der Waals surface area contributed by atoms with E-state index in [1.54, 1.807) is 0 Å². The van der Waals surface area contributed by atoms with Gasteiger partial charge in [-0.2, -0.15) is 0 Å². The van der Waals surface area contributed by atoms with Crippen LogP contribution in [0.2, 0.25) is 0 Å². The molecule has 10 heteroatoms. The standard InChI is InChI=1S/C13H16N2O8/c16-5-9-11(18)12(19)10(13(20)23-9)14-4-6-3-7(15(21)22)1-2-8(6)17/h1-4,9-13,16-20H,5H2/t9-,10+,11-,12-,13-/m1/s1. The van der Waals surface area contributed by atoms with Gasteiger partial charge in [-0.3, -0.25) is 15.1 Å². The van der Waals surface area contributed by atoms with Crippen molar-refractivity contribution in [3.8, 4) is 5.75 Å². The minimum absolute atomic E-state index is 0.00243. The Labute approximate surface area is 130 Å². The number of rotatable bonds is 4. The summed E-state index contributed by atoms with van der Waals surface area (Å²) in [5.41, 5.74) is -0.275. The number of hydrogen-bond acceptors (Lipinski definition) is 9. The zero-order valence-electron chi connectivity index (χ0n) is 11.8. The molecule has 0 aromatic heterocycles. The second-order valence-corrected chi connectivity index (χ2v) is 5.00. The van der Waals surface area contributed by atoms with E-state index in [-0.39, 0.29) is 17.0 Å². The van der Waals surface area contributed by atoms with Crippen molar-refractivity contribution >= 4 is 11.9 Å². The van der Waals surface area contributed by atoms with Gasteiger partial charge in [0.25, 0.3) is 5.69 Å². The van der Waals surface area contributed by atoms with Gasteiger partial charge in [-0.1, -0.05) is 0 Å². The zero-order chi connectivity index (χ0) is 17.1. The number of phenolic OH excluding ortho intramolecular Hbond substituents is 1. The molecule has 1 aromatic carbocycles. The Morgan fingerprint density at radius 2 is 2.00 bits per heavy atom. The van der Waals surface area contributed by atoms with Crippen molar-refractivity contribution in [1.82, 2.24) is 0 Å². The number of benzene rings is 1. The molecule has 5 atom stereocenters.